The normalized spacial score (nSPS) is 20.7. The molecule has 2 saturated heterocycles. The molecule has 0 bridgehead atoms. The second-order valence-corrected chi connectivity index (χ2v) is 11.6. The molecule has 2 fully saturated rings. The Kier molecular flexibility index (Phi) is 16.2. The first-order valence-electron chi connectivity index (χ1n) is 13.7. The average molecular weight is 562 g/mol. The highest BCUT2D eigenvalue weighted by Gasteiger charge is 2.42. The second kappa shape index (κ2) is 18.8. The van der Waals surface area contributed by atoms with E-state index in [2.05, 4.69) is 16.0 Å². The number of fused-ring (bicyclic) bond motifs is 1. The Balaban J connectivity index is 1.26. The number of unbranched alkanes of at least 4 members (excludes halogenated alkanes) is 1. The third-order valence-electron chi connectivity index (χ3n) is 6.18. The molecule has 2 rings (SSSR count). The zero-order valence-corrected chi connectivity index (χ0v) is 23.8. The maximum absolute atomic E-state index is 12.1. The highest BCUT2D eigenvalue weighted by Crippen LogP contribution is 2.33. The van der Waals surface area contributed by atoms with Crippen molar-refractivity contribution in [1.29, 1.82) is 0 Å². The van der Waals surface area contributed by atoms with Crippen molar-refractivity contribution < 1.29 is 38.4 Å². The van der Waals surface area contributed by atoms with Crippen LogP contribution in [-0.4, -0.2) is 111 Å². The van der Waals surface area contributed by atoms with E-state index in [9.17, 15) is 19.5 Å². The van der Waals surface area contributed by atoms with Gasteiger partial charge in [-0.2, -0.15) is 11.8 Å². The van der Waals surface area contributed by atoms with Crippen LogP contribution in [0.5, 0.6) is 0 Å². The number of nitrogens with one attached hydrogen (secondary N) is 3. The smallest absolute Gasteiger partial charge is 0.315 e. The van der Waals surface area contributed by atoms with Gasteiger partial charge in [0.2, 0.25) is 5.91 Å². The molecule has 0 aromatic carbocycles. The molecule has 3 amide bonds. The number of aliphatic hydroxyl groups is 1. The van der Waals surface area contributed by atoms with Crippen LogP contribution in [0.3, 0.4) is 0 Å². The van der Waals surface area contributed by atoms with Crippen molar-refractivity contribution >= 4 is 29.5 Å². The van der Waals surface area contributed by atoms with Gasteiger partial charge in [0.1, 0.15) is 5.78 Å². The number of amides is 3. The molecule has 0 saturated carbocycles. The largest absolute Gasteiger partial charge is 0.389 e. The molecule has 2 heterocycles. The van der Waals surface area contributed by atoms with E-state index in [1.807, 2.05) is 11.8 Å². The van der Waals surface area contributed by atoms with Crippen LogP contribution in [0, 0.1) is 0 Å². The molecule has 2 aliphatic heterocycles. The molecule has 3 atom stereocenters. The van der Waals surface area contributed by atoms with Gasteiger partial charge >= 0.3 is 6.03 Å². The minimum atomic E-state index is -0.921. The summed E-state index contributed by atoms with van der Waals surface area (Å²) in [6.07, 6.45) is 5.08. The number of carbonyl (C=O) groups is 3. The van der Waals surface area contributed by atoms with Crippen molar-refractivity contribution in [3.63, 3.8) is 0 Å². The van der Waals surface area contributed by atoms with Gasteiger partial charge in [0, 0.05) is 43.4 Å². The van der Waals surface area contributed by atoms with Crippen LogP contribution in [-0.2, 0) is 28.5 Å². The Morgan fingerprint density at radius 2 is 1.50 bits per heavy atom. The quantitative estimate of drug-likeness (QED) is 0.107. The Bertz CT molecular complexity index is 706. The molecule has 0 aromatic rings. The van der Waals surface area contributed by atoms with E-state index >= 15 is 0 Å². The van der Waals surface area contributed by atoms with Crippen LogP contribution in [0.1, 0.15) is 58.8 Å². The number of hydrogen-bond donors (Lipinski definition) is 4. The SMILES string of the molecule is CC(C)(O)CNC(=O)CCOCCOCCOCCOCCCC(=O)CCCC[C@@H]1SC[C@@H]2NC(=O)N[C@@H]21. The Labute approximate surface area is 230 Å². The minimum absolute atomic E-state index is 0.0536. The summed E-state index contributed by atoms with van der Waals surface area (Å²) in [6.45, 7) is 7.04. The van der Waals surface area contributed by atoms with Gasteiger partial charge in [0.25, 0.3) is 0 Å². The topological polar surface area (TPSA) is 144 Å². The molecule has 4 N–H and O–H groups in total. The van der Waals surface area contributed by atoms with Crippen LogP contribution in [0.2, 0.25) is 0 Å². The maximum atomic E-state index is 12.1. The van der Waals surface area contributed by atoms with Crippen molar-refractivity contribution in [2.75, 3.05) is 65.2 Å². The average Bonchev–Trinajstić information content (AvgIpc) is 3.41. The molecule has 2 aliphatic rings. The summed E-state index contributed by atoms with van der Waals surface area (Å²) < 4.78 is 21.7. The van der Waals surface area contributed by atoms with E-state index in [0.29, 0.717) is 70.9 Å². The fraction of sp³-hybridized carbons (Fsp3) is 0.885. The van der Waals surface area contributed by atoms with Gasteiger partial charge in [-0.15, -0.1) is 0 Å². The van der Waals surface area contributed by atoms with E-state index < -0.39 is 5.60 Å². The van der Waals surface area contributed by atoms with E-state index in [1.165, 1.54) is 0 Å². The number of thioether (sulfide) groups is 1. The summed E-state index contributed by atoms with van der Waals surface area (Å²) in [6, 6.07) is 0.441. The fourth-order valence-corrected chi connectivity index (χ4v) is 5.68. The van der Waals surface area contributed by atoms with Crippen molar-refractivity contribution in [1.82, 2.24) is 16.0 Å². The van der Waals surface area contributed by atoms with Crippen LogP contribution >= 0.6 is 11.8 Å². The highest BCUT2D eigenvalue weighted by atomic mass is 32.2. The first-order chi connectivity index (χ1) is 18.2. The number of carbonyl (C=O) groups excluding carboxylic acids is 3. The molecule has 0 spiro atoms. The molecule has 38 heavy (non-hydrogen) atoms. The van der Waals surface area contributed by atoms with Crippen molar-refractivity contribution in [2.45, 2.75) is 81.7 Å². The van der Waals surface area contributed by atoms with Crippen LogP contribution in [0.25, 0.3) is 0 Å². The Morgan fingerprint density at radius 3 is 2.16 bits per heavy atom. The lowest BCUT2D eigenvalue weighted by atomic mass is 10.0. The predicted molar refractivity (Wildman–Crippen MR) is 145 cm³/mol. The van der Waals surface area contributed by atoms with Crippen molar-refractivity contribution in [3.8, 4) is 0 Å². The van der Waals surface area contributed by atoms with E-state index in [1.54, 1.807) is 13.8 Å². The van der Waals surface area contributed by atoms with Crippen molar-refractivity contribution in [2.24, 2.45) is 0 Å². The standard InChI is InChI=1S/C26H47N3O8S/c1-26(2,33)19-27-23(31)9-11-35-13-15-37-17-16-36-14-12-34-10-5-7-20(30)6-3-4-8-22-24-21(18-38-22)28-25(32)29-24/h21-22,24,33H,3-19H2,1-2H3,(H,27,31)(H2,28,29,32)/t21-,22-,24-/m0/s1. The first kappa shape index (κ1) is 32.8. The third-order valence-corrected chi connectivity index (χ3v) is 7.69. The van der Waals surface area contributed by atoms with Gasteiger partial charge < -0.3 is 40.0 Å². The minimum Gasteiger partial charge on any atom is -0.389 e. The van der Waals surface area contributed by atoms with Gasteiger partial charge in [-0.05, 0) is 33.1 Å². The third kappa shape index (κ3) is 15.2. The Morgan fingerprint density at radius 1 is 0.895 bits per heavy atom. The number of ketones is 1. The van der Waals surface area contributed by atoms with Crippen molar-refractivity contribution in [3.05, 3.63) is 0 Å². The molecule has 220 valence electrons. The number of urea groups is 1. The summed E-state index contributed by atoms with van der Waals surface area (Å²) in [5, 5.41) is 18.6. The highest BCUT2D eigenvalue weighted by molar-refractivity contribution is 8.00. The second-order valence-electron chi connectivity index (χ2n) is 10.3. The molecule has 12 heteroatoms. The number of ether oxygens (including phenoxy) is 4. The molecule has 11 nitrogen and oxygen atoms in total. The first-order valence-corrected chi connectivity index (χ1v) is 14.8. The lowest BCUT2D eigenvalue weighted by Gasteiger charge is -2.17. The molecule has 0 aromatic heterocycles. The molecular formula is C26H47N3O8S. The lowest BCUT2D eigenvalue weighted by Crippen LogP contribution is -2.38. The molecule has 0 aliphatic carbocycles. The monoisotopic (exact) mass is 561 g/mol. The zero-order chi connectivity index (χ0) is 27.6. The lowest BCUT2D eigenvalue weighted by molar-refractivity contribution is -0.123. The number of rotatable bonds is 23. The van der Waals surface area contributed by atoms with Gasteiger partial charge in [0.15, 0.2) is 0 Å². The molecular weight excluding hydrogens is 514 g/mol. The van der Waals surface area contributed by atoms with Crippen LogP contribution < -0.4 is 16.0 Å². The summed E-state index contributed by atoms with van der Waals surface area (Å²) >= 11 is 1.91. The van der Waals surface area contributed by atoms with Crippen LogP contribution in [0.4, 0.5) is 4.79 Å². The fourth-order valence-electron chi connectivity index (χ4n) is 4.14. The summed E-state index contributed by atoms with van der Waals surface area (Å²) in [4.78, 5) is 35.1. The van der Waals surface area contributed by atoms with Crippen LogP contribution in [0.15, 0.2) is 0 Å². The zero-order valence-electron chi connectivity index (χ0n) is 23.0. The van der Waals surface area contributed by atoms with E-state index in [0.717, 1.165) is 31.4 Å². The Hall–Kier alpha value is -1.44. The van der Waals surface area contributed by atoms with Gasteiger partial charge in [0.05, 0.1) is 63.9 Å². The summed E-state index contributed by atoms with van der Waals surface area (Å²) in [7, 11) is 0. The van der Waals surface area contributed by atoms with E-state index in [4.69, 9.17) is 18.9 Å². The van der Waals surface area contributed by atoms with Gasteiger partial charge in [-0.25, -0.2) is 4.79 Å². The molecule has 0 unspecified atom stereocenters. The van der Waals surface area contributed by atoms with Gasteiger partial charge in [-0.3, -0.25) is 9.59 Å². The summed E-state index contributed by atoms with van der Waals surface area (Å²) in [5.41, 5.74) is -0.921. The predicted octanol–water partition coefficient (Wildman–Crippen LogP) is 1.41. The summed E-state index contributed by atoms with van der Waals surface area (Å²) in [5.74, 6) is 1.10. The molecule has 0 radical (unpaired) electrons. The number of hydrogen-bond acceptors (Lipinski definition) is 9. The van der Waals surface area contributed by atoms with E-state index in [-0.39, 0.29) is 42.8 Å². The van der Waals surface area contributed by atoms with Gasteiger partial charge in [-0.1, -0.05) is 6.42 Å². The number of Topliss-reactive ketones (excluding diaryl/α,β-unsaturated/α-hetero) is 1. The maximum Gasteiger partial charge on any atom is 0.315 e.